The molecule has 0 amide bonds. The molecular weight excluding hydrogens is 206 g/mol. The summed E-state index contributed by atoms with van der Waals surface area (Å²) in [6, 6.07) is 1.45. The van der Waals surface area contributed by atoms with Crippen molar-refractivity contribution >= 4 is 5.82 Å². The Labute approximate surface area is 93.9 Å². The van der Waals surface area contributed by atoms with E-state index in [2.05, 4.69) is 15.3 Å². The van der Waals surface area contributed by atoms with E-state index in [-0.39, 0.29) is 12.2 Å². The van der Waals surface area contributed by atoms with Crippen LogP contribution in [0.15, 0.2) is 17.2 Å². The molecule has 2 atom stereocenters. The van der Waals surface area contributed by atoms with E-state index in [1.807, 2.05) is 0 Å². The Morgan fingerprint density at radius 2 is 2.31 bits per heavy atom. The van der Waals surface area contributed by atoms with Crippen molar-refractivity contribution in [3.8, 4) is 0 Å². The van der Waals surface area contributed by atoms with Gasteiger partial charge in [0.15, 0.2) is 0 Å². The summed E-state index contributed by atoms with van der Waals surface area (Å²) in [5.41, 5.74) is -0.150. The molecule has 5 nitrogen and oxygen atoms in total. The fourth-order valence-electron chi connectivity index (χ4n) is 2.32. The first-order valence-electron chi connectivity index (χ1n) is 5.69. The van der Waals surface area contributed by atoms with Crippen LogP contribution in [-0.2, 0) is 0 Å². The van der Waals surface area contributed by atoms with Crippen molar-refractivity contribution in [3.05, 3.63) is 22.7 Å². The van der Waals surface area contributed by atoms with E-state index in [0.29, 0.717) is 17.7 Å². The summed E-state index contributed by atoms with van der Waals surface area (Å²) in [6.07, 6.45) is 4.82. The lowest BCUT2D eigenvalue weighted by Crippen LogP contribution is -2.21. The molecule has 1 aromatic rings. The third kappa shape index (κ3) is 2.61. The summed E-state index contributed by atoms with van der Waals surface area (Å²) >= 11 is 0. The molecule has 5 heteroatoms. The highest BCUT2D eigenvalue weighted by molar-refractivity contribution is 5.31. The van der Waals surface area contributed by atoms with Crippen LogP contribution in [-0.4, -0.2) is 28.2 Å². The molecule has 0 spiro atoms. The maximum atomic E-state index is 11.0. The highest BCUT2D eigenvalue weighted by Crippen LogP contribution is 2.31. The average Bonchev–Trinajstić information content (AvgIpc) is 2.74. The Balaban J connectivity index is 1.89. The summed E-state index contributed by atoms with van der Waals surface area (Å²) < 4.78 is 0. The normalized spacial score (nSPS) is 24.6. The zero-order chi connectivity index (χ0) is 11.4. The van der Waals surface area contributed by atoms with Crippen LogP contribution in [0.1, 0.15) is 19.3 Å². The fourth-order valence-corrected chi connectivity index (χ4v) is 2.32. The summed E-state index contributed by atoms with van der Waals surface area (Å²) in [4.78, 5) is 17.5. The van der Waals surface area contributed by atoms with Crippen molar-refractivity contribution in [1.29, 1.82) is 0 Å². The van der Waals surface area contributed by atoms with Gasteiger partial charge in [-0.25, -0.2) is 4.98 Å². The number of aromatic amines is 1. The van der Waals surface area contributed by atoms with Gasteiger partial charge in [-0.2, -0.15) is 0 Å². The SMILES string of the molecule is O=c1cc(NCC2CCCC2CO)nc[nH]1. The highest BCUT2D eigenvalue weighted by Gasteiger charge is 2.26. The van der Waals surface area contributed by atoms with Crippen LogP contribution in [0, 0.1) is 11.8 Å². The topological polar surface area (TPSA) is 78.0 Å². The van der Waals surface area contributed by atoms with Crippen molar-refractivity contribution in [2.45, 2.75) is 19.3 Å². The van der Waals surface area contributed by atoms with E-state index >= 15 is 0 Å². The largest absolute Gasteiger partial charge is 0.396 e. The van der Waals surface area contributed by atoms with Gasteiger partial charge in [-0.15, -0.1) is 0 Å². The predicted molar refractivity (Wildman–Crippen MR) is 61.3 cm³/mol. The number of hydrogen-bond acceptors (Lipinski definition) is 4. The maximum absolute atomic E-state index is 11.0. The lowest BCUT2D eigenvalue weighted by atomic mass is 9.97. The number of H-pyrrole nitrogens is 1. The molecule has 3 N–H and O–H groups in total. The molecule has 16 heavy (non-hydrogen) atoms. The number of aliphatic hydroxyl groups is 1. The van der Waals surface area contributed by atoms with E-state index in [4.69, 9.17) is 0 Å². The second-order valence-electron chi connectivity index (χ2n) is 4.31. The first-order valence-corrected chi connectivity index (χ1v) is 5.69. The van der Waals surface area contributed by atoms with Crippen molar-refractivity contribution in [2.75, 3.05) is 18.5 Å². The van der Waals surface area contributed by atoms with Crippen molar-refractivity contribution in [3.63, 3.8) is 0 Å². The van der Waals surface area contributed by atoms with Gasteiger partial charge in [-0.1, -0.05) is 6.42 Å². The zero-order valence-corrected chi connectivity index (χ0v) is 9.15. The molecule has 2 rings (SSSR count). The number of aliphatic hydroxyl groups excluding tert-OH is 1. The second kappa shape index (κ2) is 5.12. The number of aromatic nitrogens is 2. The molecule has 1 aliphatic rings. The van der Waals surface area contributed by atoms with Gasteiger partial charge in [-0.3, -0.25) is 4.79 Å². The molecule has 0 bridgehead atoms. The van der Waals surface area contributed by atoms with Gasteiger partial charge < -0.3 is 15.4 Å². The lowest BCUT2D eigenvalue weighted by molar-refractivity contribution is 0.199. The monoisotopic (exact) mass is 223 g/mol. The van der Waals surface area contributed by atoms with Gasteiger partial charge >= 0.3 is 0 Å². The van der Waals surface area contributed by atoms with Crippen LogP contribution in [0.5, 0.6) is 0 Å². The molecule has 88 valence electrons. The minimum absolute atomic E-state index is 0.150. The first kappa shape index (κ1) is 11.1. The number of nitrogens with one attached hydrogen (secondary N) is 2. The van der Waals surface area contributed by atoms with Gasteiger partial charge in [0.1, 0.15) is 5.82 Å². The van der Waals surface area contributed by atoms with Crippen LogP contribution < -0.4 is 10.9 Å². The van der Waals surface area contributed by atoms with E-state index in [1.54, 1.807) is 0 Å². The molecule has 1 aromatic heterocycles. The van der Waals surface area contributed by atoms with Gasteiger partial charge in [0, 0.05) is 19.2 Å². The fraction of sp³-hybridized carbons (Fsp3) is 0.636. The standard InChI is InChI=1S/C11H17N3O2/c15-6-9-3-1-2-8(9)5-12-10-4-11(16)14-7-13-10/h4,7-9,15H,1-3,5-6H2,(H2,12,13,14,16). The Bertz CT molecular complexity index is 391. The Kier molecular flexibility index (Phi) is 3.56. The van der Waals surface area contributed by atoms with E-state index < -0.39 is 0 Å². The molecule has 0 radical (unpaired) electrons. The minimum Gasteiger partial charge on any atom is -0.396 e. The Hall–Kier alpha value is -1.36. The summed E-state index contributed by atoms with van der Waals surface area (Å²) in [6.45, 7) is 1.04. The molecule has 0 aliphatic heterocycles. The first-order chi connectivity index (χ1) is 7.79. The number of nitrogens with zero attached hydrogens (tertiary/aromatic N) is 1. The smallest absolute Gasteiger partial charge is 0.252 e. The Morgan fingerprint density at radius 1 is 1.50 bits per heavy atom. The number of rotatable bonds is 4. The number of anilines is 1. The van der Waals surface area contributed by atoms with Gasteiger partial charge in [0.2, 0.25) is 0 Å². The summed E-state index contributed by atoms with van der Waals surface area (Å²) in [5.74, 6) is 1.49. The number of hydrogen-bond donors (Lipinski definition) is 3. The van der Waals surface area contributed by atoms with E-state index in [0.717, 1.165) is 19.4 Å². The lowest BCUT2D eigenvalue weighted by Gasteiger charge is -2.17. The van der Waals surface area contributed by atoms with Crippen molar-refractivity contribution in [1.82, 2.24) is 9.97 Å². The van der Waals surface area contributed by atoms with E-state index in [9.17, 15) is 9.90 Å². The Morgan fingerprint density at radius 3 is 3.06 bits per heavy atom. The van der Waals surface area contributed by atoms with Gasteiger partial charge in [0.05, 0.1) is 6.33 Å². The molecule has 1 saturated carbocycles. The van der Waals surface area contributed by atoms with Crippen LogP contribution >= 0.6 is 0 Å². The second-order valence-corrected chi connectivity index (χ2v) is 4.31. The molecule has 2 unspecified atom stereocenters. The third-order valence-corrected chi connectivity index (χ3v) is 3.27. The van der Waals surface area contributed by atoms with Crippen molar-refractivity contribution < 1.29 is 5.11 Å². The van der Waals surface area contributed by atoms with Crippen LogP contribution in [0.3, 0.4) is 0 Å². The van der Waals surface area contributed by atoms with Crippen LogP contribution in [0.4, 0.5) is 5.82 Å². The predicted octanol–water partition coefficient (Wildman–Crippen LogP) is 0.590. The summed E-state index contributed by atoms with van der Waals surface area (Å²) in [5, 5.41) is 12.3. The molecule has 0 aromatic carbocycles. The van der Waals surface area contributed by atoms with Gasteiger partial charge in [0.25, 0.3) is 5.56 Å². The maximum Gasteiger partial charge on any atom is 0.252 e. The third-order valence-electron chi connectivity index (χ3n) is 3.27. The molecular formula is C11H17N3O2. The van der Waals surface area contributed by atoms with Crippen LogP contribution in [0.2, 0.25) is 0 Å². The van der Waals surface area contributed by atoms with Gasteiger partial charge in [-0.05, 0) is 24.7 Å². The molecule has 1 aliphatic carbocycles. The average molecular weight is 223 g/mol. The summed E-state index contributed by atoms with van der Waals surface area (Å²) in [7, 11) is 0. The minimum atomic E-state index is -0.150. The highest BCUT2D eigenvalue weighted by atomic mass is 16.3. The molecule has 1 fully saturated rings. The molecule has 1 heterocycles. The zero-order valence-electron chi connectivity index (χ0n) is 9.15. The molecule has 0 saturated heterocycles. The van der Waals surface area contributed by atoms with Crippen LogP contribution in [0.25, 0.3) is 0 Å². The van der Waals surface area contributed by atoms with E-state index in [1.165, 1.54) is 18.8 Å². The van der Waals surface area contributed by atoms with Crippen molar-refractivity contribution in [2.24, 2.45) is 11.8 Å². The quantitative estimate of drug-likeness (QED) is 0.698.